The lowest BCUT2D eigenvalue weighted by Gasteiger charge is -2.18. The summed E-state index contributed by atoms with van der Waals surface area (Å²) < 4.78 is 5.87. The van der Waals surface area contributed by atoms with Crippen LogP contribution in [0.5, 0.6) is 5.75 Å². The van der Waals surface area contributed by atoms with Crippen molar-refractivity contribution >= 4 is 46.3 Å². The van der Waals surface area contributed by atoms with Gasteiger partial charge in [-0.2, -0.15) is 0 Å². The molecule has 0 aliphatic heterocycles. The van der Waals surface area contributed by atoms with E-state index in [0.717, 1.165) is 0 Å². The van der Waals surface area contributed by atoms with E-state index in [4.69, 9.17) is 27.9 Å². The minimum atomic E-state index is -0.823. The largest absolute Gasteiger partial charge is 0.482 e. The number of nitro benzene ring substituents is 1. The van der Waals surface area contributed by atoms with E-state index in [9.17, 15) is 19.7 Å². The second kappa shape index (κ2) is 10.7. The van der Waals surface area contributed by atoms with Gasteiger partial charge in [0.1, 0.15) is 5.75 Å². The van der Waals surface area contributed by atoms with Gasteiger partial charge in [-0.15, -0.1) is 11.6 Å². The summed E-state index contributed by atoms with van der Waals surface area (Å²) in [6, 6.07) is 18.4. The number of nitrogens with one attached hydrogen (secondary N) is 1. The number of carbonyl (C=O) groups is 2. The molecule has 3 aromatic carbocycles. The molecule has 0 saturated carbocycles. The lowest BCUT2D eigenvalue weighted by atomic mass is 10.0. The first-order valence-corrected chi connectivity index (χ1v) is 10.5. The summed E-state index contributed by atoms with van der Waals surface area (Å²) in [7, 11) is 0. The quantitative estimate of drug-likeness (QED) is 0.184. The summed E-state index contributed by atoms with van der Waals surface area (Å²) in [6.07, 6.45) is -0.538. The summed E-state index contributed by atoms with van der Waals surface area (Å²) in [5, 5.41) is 14.1. The normalized spacial score (nSPS) is 11.4. The Balaban J connectivity index is 1.74. The fraction of sp³-hybridized carbons (Fsp3) is 0.130. The Bertz CT molecular complexity index is 1140. The van der Waals surface area contributed by atoms with Gasteiger partial charge in [0.05, 0.1) is 4.92 Å². The van der Waals surface area contributed by atoms with E-state index >= 15 is 0 Å². The first-order valence-electron chi connectivity index (χ1n) is 9.55. The minimum absolute atomic E-state index is 0.142. The third-order valence-electron chi connectivity index (χ3n) is 4.48. The van der Waals surface area contributed by atoms with Gasteiger partial charge in [0.25, 0.3) is 11.6 Å². The summed E-state index contributed by atoms with van der Waals surface area (Å²) in [6.45, 7) is 0. The maximum Gasteiger partial charge on any atom is 0.270 e. The van der Waals surface area contributed by atoms with Crippen LogP contribution in [-0.2, 0) is 0 Å². The summed E-state index contributed by atoms with van der Waals surface area (Å²) in [5.41, 5.74) is 0.810. The molecule has 3 rings (SSSR count). The van der Waals surface area contributed by atoms with Crippen LogP contribution in [0.3, 0.4) is 0 Å². The van der Waals surface area contributed by atoms with Crippen molar-refractivity contribution in [2.75, 3.05) is 11.2 Å². The Morgan fingerprint density at radius 3 is 2.41 bits per heavy atom. The van der Waals surface area contributed by atoms with Crippen molar-refractivity contribution in [2.24, 2.45) is 0 Å². The SMILES string of the molecule is O=C(Nc1cccc(OC(CCCl)C(=O)c2ccc(Cl)cc2)c1)c1cccc([N+](=O)[O-])c1. The molecule has 1 unspecified atom stereocenters. The predicted octanol–water partition coefficient (Wildman–Crippen LogP) is 5.76. The number of alkyl halides is 1. The number of non-ortho nitro benzene ring substituents is 1. The van der Waals surface area contributed by atoms with Crippen molar-refractivity contribution in [2.45, 2.75) is 12.5 Å². The molecule has 164 valence electrons. The third kappa shape index (κ3) is 6.06. The number of halogens is 2. The monoisotopic (exact) mass is 472 g/mol. The molecular formula is C23H18Cl2N2O5. The van der Waals surface area contributed by atoms with Crippen LogP contribution in [0.1, 0.15) is 27.1 Å². The van der Waals surface area contributed by atoms with Crippen LogP contribution in [0, 0.1) is 10.1 Å². The Hall–Kier alpha value is -3.42. The van der Waals surface area contributed by atoms with Crippen molar-refractivity contribution in [3.63, 3.8) is 0 Å². The van der Waals surface area contributed by atoms with Crippen LogP contribution in [0.2, 0.25) is 5.02 Å². The highest BCUT2D eigenvalue weighted by molar-refractivity contribution is 6.30. The average Bonchev–Trinajstić information content (AvgIpc) is 2.79. The van der Waals surface area contributed by atoms with Gasteiger partial charge in [0.15, 0.2) is 6.10 Å². The molecule has 0 aliphatic rings. The van der Waals surface area contributed by atoms with Crippen molar-refractivity contribution in [3.8, 4) is 5.75 Å². The first-order chi connectivity index (χ1) is 15.4. The fourth-order valence-electron chi connectivity index (χ4n) is 2.92. The Morgan fingerprint density at radius 2 is 1.72 bits per heavy atom. The standard InChI is InChI=1S/C23H18Cl2N2O5/c24-12-11-21(22(28)15-7-9-17(25)10-8-15)32-20-6-2-4-18(14-20)26-23(29)16-3-1-5-19(13-16)27(30)31/h1-10,13-14,21H,11-12H2,(H,26,29). The molecule has 1 N–H and O–H groups in total. The topological polar surface area (TPSA) is 98.5 Å². The van der Waals surface area contributed by atoms with Gasteiger partial charge < -0.3 is 10.1 Å². The minimum Gasteiger partial charge on any atom is -0.482 e. The predicted molar refractivity (Wildman–Crippen MR) is 123 cm³/mol. The highest BCUT2D eigenvalue weighted by atomic mass is 35.5. The van der Waals surface area contributed by atoms with E-state index in [1.165, 1.54) is 24.3 Å². The zero-order valence-electron chi connectivity index (χ0n) is 16.7. The van der Waals surface area contributed by atoms with Gasteiger partial charge >= 0.3 is 0 Å². The van der Waals surface area contributed by atoms with E-state index in [1.807, 2.05) is 0 Å². The van der Waals surface area contributed by atoms with Gasteiger partial charge in [0, 0.05) is 52.3 Å². The fourth-order valence-corrected chi connectivity index (χ4v) is 3.24. The Labute approximate surface area is 194 Å². The van der Waals surface area contributed by atoms with Crippen LogP contribution in [-0.4, -0.2) is 28.6 Å². The lowest BCUT2D eigenvalue weighted by molar-refractivity contribution is -0.384. The first kappa shape index (κ1) is 23.2. The maximum atomic E-state index is 12.8. The number of ketones is 1. The Morgan fingerprint density at radius 1 is 1.00 bits per heavy atom. The molecule has 0 spiro atoms. The molecule has 9 heteroatoms. The van der Waals surface area contributed by atoms with Crippen LogP contribution < -0.4 is 10.1 Å². The van der Waals surface area contributed by atoms with Gasteiger partial charge in [-0.05, 0) is 42.5 Å². The number of nitro groups is 1. The number of carbonyl (C=O) groups excluding carboxylic acids is 2. The van der Waals surface area contributed by atoms with Crippen molar-refractivity contribution in [1.29, 1.82) is 0 Å². The van der Waals surface area contributed by atoms with E-state index in [0.29, 0.717) is 22.0 Å². The summed E-state index contributed by atoms with van der Waals surface area (Å²) >= 11 is 11.7. The number of anilines is 1. The van der Waals surface area contributed by atoms with Crippen molar-refractivity contribution in [1.82, 2.24) is 0 Å². The van der Waals surface area contributed by atoms with Gasteiger partial charge in [-0.25, -0.2) is 0 Å². The molecule has 0 heterocycles. The summed E-state index contributed by atoms with van der Waals surface area (Å²) in [5.74, 6) is -0.180. The van der Waals surface area contributed by atoms with E-state index in [1.54, 1.807) is 48.5 Å². The highest BCUT2D eigenvalue weighted by Crippen LogP contribution is 2.23. The smallest absolute Gasteiger partial charge is 0.270 e. The van der Waals surface area contributed by atoms with Crippen LogP contribution >= 0.6 is 23.2 Å². The second-order valence-electron chi connectivity index (χ2n) is 6.74. The maximum absolute atomic E-state index is 12.8. The zero-order valence-corrected chi connectivity index (χ0v) is 18.2. The molecule has 0 fully saturated rings. The molecule has 3 aromatic rings. The number of nitrogens with zero attached hydrogens (tertiary/aromatic N) is 1. The third-order valence-corrected chi connectivity index (χ3v) is 4.95. The average molecular weight is 473 g/mol. The number of amides is 1. The molecule has 7 nitrogen and oxygen atoms in total. The number of rotatable bonds is 9. The number of ether oxygens (including phenoxy) is 1. The van der Waals surface area contributed by atoms with Crippen LogP contribution in [0.25, 0.3) is 0 Å². The number of benzene rings is 3. The van der Waals surface area contributed by atoms with Crippen LogP contribution in [0.4, 0.5) is 11.4 Å². The van der Waals surface area contributed by atoms with Gasteiger partial charge in [0.2, 0.25) is 5.78 Å². The van der Waals surface area contributed by atoms with Crippen molar-refractivity contribution in [3.05, 3.63) is 99.1 Å². The molecule has 0 aromatic heterocycles. The van der Waals surface area contributed by atoms with Gasteiger partial charge in [-0.3, -0.25) is 19.7 Å². The number of hydrogen-bond donors (Lipinski definition) is 1. The summed E-state index contributed by atoms with van der Waals surface area (Å²) in [4.78, 5) is 35.7. The van der Waals surface area contributed by atoms with Crippen LogP contribution in [0.15, 0.2) is 72.8 Å². The highest BCUT2D eigenvalue weighted by Gasteiger charge is 2.22. The van der Waals surface area contributed by atoms with E-state index < -0.39 is 16.9 Å². The molecule has 1 amide bonds. The molecule has 0 saturated heterocycles. The molecule has 0 aliphatic carbocycles. The number of Topliss-reactive ketones (excluding diaryl/α,β-unsaturated/α-hetero) is 1. The lowest BCUT2D eigenvalue weighted by Crippen LogP contribution is -2.28. The Kier molecular flexibility index (Phi) is 7.81. The number of hydrogen-bond acceptors (Lipinski definition) is 5. The van der Waals surface area contributed by atoms with Gasteiger partial charge in [-0.1, -0.05) is 23.7 Å². The molecule has 0 bridgehead atoms. The molecule has 1 atom stereocenters. The zero-order chi connectivity index (χ0) is 23.1. The molecule has 0 radical (unpaired) electrons. The molecule has 32 heavy (non-hydrogen) atoms. The second-order valence-corrected chi connectivity index (χ2v) is 7.56. The van der Waals surface area contributed by atoms with E-state index in [2.05, 4.69) is 5.32 Å². The van der Waals surface area contributed by atoms with E-state index in [-0.39, 0.29) is 29.3 Å². The van der Waals surface area contributed by atoms with Crippen molar-refractivity contribution < 1.29 is 19.2 Å². The molecular weight excluding hydrogens is 455 g/mol.